The molecule has 2 atom stereocenters. The van der Waals surface area contributed by atoms with E-state index in [-0.39, 0.29) is 36.3 Å². The molecule has 0 aliphatic carbocycles. The average Bonchev–Trinajstić information content (AvgIpc) is 3.17. The van der Waals surface area contributed by atoms with Crippen LogP contribution in [0.4, 0.5) is 0 Å². The first kappa shape index (κ1) is 27.7. The van der Waals surface area contributed by atoms with Crippen molar-refractivity contribution in [2.75, 3.05) is 6.54 Å². The van der Waals surface area contributed by atoms with Gasteiger partial charge in [0.15, 0.2) is 14.0 Å². The smallest absolute Gasteiger partial charge is 0.355 e. The van der Waals surface area contributed by atoms with E-state index in [4.69, 9.17) is 9.16 Å². The van der Waals surface area contributed by atoms with Crippen LogP contribution in [0.15, 0.2) is 5.38 Å². The third kappa shape index (κ3) is 9.00. The molecule has 0 aliphatic rings. The number of carbonyl (C=O) groups excluding carboxylic acids is 1. The van der Waals surface area contributed by atoms with Gasteiger partial charge in [0.2, 0.25) is 0 Å². The minimum Gasteiger partial charge on any atom is -0.476 e. The van der Waals surface area contributed by atoms with Crippen molar-refractivity contribution in [3.8, 4) is 0 Å². The molecular formula is C22H40N2O5SSi. The summed E-state index contributed by atoms with van der Waals surface area (Å²) >= 11 is 1.33. The zero-order valence-corrected chi connectivity index (χ0v) is 22.1. The van der Waals surface area contributed by atoms with Crippen LogP contribution in [-0.2, 0) is 14.0 Å². The van der Waals surface area contributed by atoms with E-state index in [0.29, 0.717) is 11.4 Å². The van der Waals surface area contributed by atoms with Crippen LogP contribution in [0.3, 0.4) is 0 Å². The number of rotatable bonds is 13. The van der Waals surface area contributed by atoms with Crippen LogP contribution >= 0.6 is 11.3 Å². The molecule has 178 valence electrons. The molecule has 0 fully saturated rings. The molecule has 31 heavy (non-hydrogen) atoms. The maximum absolute atomic E-state index is 12.2. The van der Waals surface area contributed by atoms with Gasteiger partial charge >= 0.3 is 11.9 Å². The van der Waals surface area contributed by atoms with Gasteiger partial charge in [0.1, 0.15) is 10.6 Å². The molecule has 0 radical (unpaired) electrons. The predicted octanol–water partition coefficient (Wildman–Crippen LogP) is 5.25. The summed E-state index contributed by atoms with van der Waals surface area (Å²) in [7, 11) is -1.96. The molecule has 0 spiro atoms. The zero-order chi connectivity index (χ0) is 23.8. The second-order valence-electron chi connectivity index (χ2n) is 9.28. The van der Waals surface area contributed by atoms with Gasteiger partial charge in [-0.05, 0) is 51.2 Å². The monoisotopic (exact) mass is 472 g/mol. The molecule has 1 aromatic rings. The van der Waals surface area contributed by atoms with Crippen LogP contribution in [0.5, 0.6) is 0 Å². The number of nitrogens with one attached hydrogen (secondary N) is 1. The Morgan fingerprint density at radius 3 is 2.19 bits per heavy atom. The molecule has 2 N–H and O–H groups in total. The van der Waals surface area contributed by atoms with Crippen molar-refractivity contribution >= 4 is 31.6 Å². The number of carbonyl (C=O) groups is 2. The maximum Gasteiger partial charge on any atom is 0.355 e. The Balaban J connectivity index is 3.08. The second-order valence-corrected chi connectivity index (χ2v) is 14.9. The van der Waals surface area contributed by atoms with E-state index < -0.39 is 19.9 Å². The van der Waals surface area contributed by atoms with Crippen molar-refractivity contribution in [3.63, 3.8) is 0 Å². The fraction of sp³-hybridized carbons (Fsp3) is 0.773. The van der Waals surface area contributed by atoms with E-state index in [1.54, 1.807) is 5.38 Å². The van der Waals surface area contributed by atoms with Gasteiger partial charge in [0, 0.05) is 11.4 Å². The molecule has 0 aliphatic heterocycles. The van der Waals surface area contributed by atoms with Crippen molar-refractivity contribution < 1.29 is 23.9 Å². The summed E-state index contributed by atoms with van der Waals surface area (Å²) < 4.78 is 12.2. The highest BCUT2D eigenvalue weighted by Crippen LogP contribution is 2.35. The first-order chi connectivity index (χ1) is 14.4. The van der Waals surface area contributed by atoms with E-state index in [1.165, 1.54) is 11.3 Å². The molecular weight excluding hydrogens is 432 g/mol. The number of nitrogens with zero attached hydrogens (tertiary/aromatic N) is 1. The average molecular weight is 473 g/mol. The summed E-state index contributed by atoms with van der Waals surface area (Å²) in [6.07, 6.45) is 0.310. The SMILES string of the molecule is CC[Si](CC)(CC)O[C@H](C[C@@H](NCC(=O)OC(C)(C)C)C(C)C)c1nc(C(=O)O)cs1. The quantitative estimate of drug-likeness (QED) is 0.299. The number of thiazole rings is 1. The highest BCUT2D eigenvalue weighted by atomic mass is 32.1. The molecule has 1 aromatic heterocycles. The van der Waals surface area contributed by atoms with Crippen molar-refractivity contribution in [1.29, 1.82) is 0 Å². The molecule has 1 heterocycles. The van der Waals surface area contributed by atoms with E-state index >= 15 is 0 Å². The highest BCUT2D eigenvalue weighted by molar-refractivity contribution is 7.09. The first-order valence-electron chi connectivity index (χ1n) is 11.2. The lowest BCUT2D eigenvalue weighted by Crippen LogP contribution is -2.43. The van der Waals surface area contributed by atoms with Crippen LogP contribution in [0.1, 0.15) is 83.4 Å². The van der Waals surface area contributed by atoms with Gasteiger partial charge in [-0.1, -0.05) is 34.6 Å². The number of hydrogen-bond donors (Lipinski definition) is 2. The van der Waals surface area contributed by atoms with Crippen molar-refractivity contribution in [3.05, 3.63) is 16.1 Å². The van der Waals surface area contributed by atoms with Gasteiger partial charge in [-0.15, -0.1) is 11.3 Å². The highest BCUT2D eigenvalue weighted by Gasteiger charge is 2.35. The molecule has 9 heteroatoms. The fourth-order valence-corrected chi connectivity index (χ4v) is 7.18. The van der Waals surface area contributed by atoms with Crippen molar-refractivity contribution in [2.24, 2.45) is 5.92 Å². The zero-order valence-electron chi connectivity index (χ0n) is 20.3. The molecule has 0 bridgehead atoms. The Hall–Kier alpha value is -1.29. The minimum atomic E-state index is -1.96. The maximum atomic E-state index is 12.2. The number of carboxylic acid groups (broad SMARTS) is 1. The molecule has 0 saturated heterocycles. The number of aromatic carboxylic acids is 1. The van der Waals surface area contributed by atoms with Crippen LogP contribution in [-0.4, -0.2) is 48.5 Å². The Morgan fingerprint density at radius 2 is 1.77 bits per heavy atom. The van der Waals surface area contributed by atoms with Gasteiger partial charge in [0.25, 0.3) is 0 Å². The third-order valence-corrected chi connectivity index (χ3v) is 11.1. The summed E-state index contributed by atoms with van der Waals surface area (Å²) in [6.45, 7) is 16.4. The summed E-state index contributed by atoms with van der Waals surface area (Å²) in [5, 5.41) is 14.9. The van der Waals surface area contributed by atoms with E-state index in [1.807, 2.05) is 20.8 Å². The first-order valence-corrected chi connectivity index (χ1v) is 14.6. The molecule has 0 aromatic carbocycles. The Morgan fingerprint density at radius 1 is 1.19 bits per heavy atom. The number of esters is 1. The molecule has 0 amide bonds. The van der Waals surface area contributed by atoms with Crippen LogP contribution < -0.4 is 5.32 Å². The summed E-state index contributed by atoms with van der Waals surface area (Å²) in [5.74, 6) is -1.08. The topological polar surface area (TPSA) is 97.8 Å². The van der Waals surface area contributed by atoms with E-state index in [0.717, 1.165) is 18.1 Å². The summed E-state index contributed by atoms with van der Waals surface area (Å²) in [4.78, 5) is 27.9. The van der Waals surface area contributed by atoms with Crippen molar-refractivity contribution in [1.82, 2.24) is 10.3 Å². The van der Waals surface area contributed by atoms with Gasteiger partial charge < -0.3 is 19.6 Å². The Labute approximate surface area is 192 Å². The number of carboxylic acids is 1. The molecule has 7 nitrogen and oxygen atoms in total. The lowest BCUT2D eigenvalue weighted by atomic mass is 9.98. The Kier molecular flexibility index (Phi) is 10.8. The van der Waals surface area contributed by atoms with Crippen LogP contribution in [0.2, 0.25) is 18.1 Å². The lowest BCUT2D eigenvalue weighted by molar-refractivity contribution is -0.153. The number of ether oxygens (including phenoxy) is 1. The predicted molar refractivity (Wildman–Crippen MR) is 127 cm³/mol. The van der Waals surface area contributed by atoms with E-state index in [9.17, 15) is 14.7 Å². The lowest BCUT2D eigenvalue weighted by Gasteiger charge is -2.35. The minimum absolute atomic E-state index is 0.00744. The Bertz CT molecular complexity index is 705. The van der Waals surface area contributed by atoms with Gasteiger partial charge in [-0.25, -0.2) is 9.78 Å². The summed E-state index contributed by atoms with van der Waals surface area (Å²) in [5.41, 5.74) is -0.478. The third-order valence-electron chi connectivity index (χ3n) is 5.54. The summed E-state index contributed by atoms with van der Waals surface area (Å²) in [6, 6.07) is 2.97. The number of aromatic nitrogens is 1. The van der Waals surface area contributed by atoms with Gasteiger partial charge in [-0.2, -0.15) is 0 Å². The number of hydrogen-bond acceptors (Lipinski definition) is 7. The molecule has 0 unspecified atom stereocenters. The molecule has 0 saturated carbocycles. The van der Waals surface area contributed by atoms with Crippen LogP contribution in [0.25, 0.3) is 0 Å². The van der Waals surface area contributed by atoms with Crippen LogP contribution in [0, 0.1) is 5.92 Å². The molecule has 1 rings (SSSR count). The second kappa shape index (κ2) is 12.1. The normalized spacial score (nSPS) is 14.5. The van der Waals surface area contributed by atoms with Crippen molar-refractivity contribution in [2.45, 2.75) is 97.7 Å². The van der Waals surface area contributed by atoms with E-state index in [2.05, 4.69) is 44.9 Å². The van der Waals surface area contributed by atoms with Gasteiger partial charge in [0.05, 0.1) is 12.6 Å². The fourth-order valence-electron chi connectivity index (χ4n) is 3.45. The standard InChI is InChI=1S/C22H40N2O5SSi/c1-9-31(10-2,11-3)29-18(20-24-17(14-30-20)21(26)27)12-16(15(4)5)23-13-19(25)28-22(6,7)8/h14-16,18,23H,9-13H2,1-8H3,(H,26,27)/t16-,18-/m1/s1. The largest absolute Gasteiger partial charge is 0.476 e. The van der Waals surface area contributed by atoms with Gasteiger partial charge in [-0.3, -0.25) is 4.79 Å².